The molecule has 2 aliphatic carbocycles. The number of esters is 1. The molecule has 5 atom stereocenters. The molecule has 0 radical (unpaired) electrons. The van der Waals surface area contributed by atoms with Gasteiger partial charge >= 0.3 is 5.97 Å². The number of ether oxygens (including phenoxy) is 13. The lowest BCUT2D eigenvalue weighted by atomic mass is 9.56. The number of hydrogen-bond acceptors (Lipinski definition) is 22. The minimum Gasteiger partial charge on any atom is -0.420 e. The molecule has 2 saturated carbocycles. The highest BCUT2D eigenvalue weighted by Gasteiger charge is 2.74. The van der Waals surface area contributed by atoms with Crippen molar-refractivity contribution in [3.05, 3.63) is 107 Å². The number of aromatic nitrogens is 8. The second kappa shape index (κ2) is 41.0. The van der Waals surface area contributed by atoms with Crippen molar-refractivity contribution in [3.8, 4) is 5.75 Å². The van der Waals surface area contributed by atoms with Crippen LogP contribution in [0.4, 0.5) is 13.2 Å². The molecule has 2 bridgehead atoms. The highest BCUT2D eigenvalue weighted by atomic mass is 19.1. The molecular weight excluding hydrogens is 1250 g/mol. The van der Waals surface area contributed by atoms with E-state index < -0.39 is 29.2 Å². The zero-order chi connectivity index (χ0) is 66.9. The van der Waals surface area contributed by atoms with Crippen molar-refractivity contribution >= 4 is 17.8 Å². The topological polar surface area (TPSA) is 278 Å². The van der Waals surface area contributed by atoms with E-state index in [4.69, 9.17) is 56.8 Å². The normalized spacial score (nSPS) is 17.7. The van der Waals surface area contributed by atoms with Crippen LogP contribution in [-0.2, 0) is 97.5 Å². The number of piperidine rings is 1. The largest absolute Gasteiger partial charge is 0.420 e. The second-order valence-corrected chi connectivity index (χ2v) is 23.4. The quantitative estimate of drug-likeness (QED) is 0.0293. The molecule has 30 heteroatoms. The molecule has 2 aromatic carbocycles. The molecule has 95 heavy (non-hydrogen) atoms. The Morgan fingerprint density at radius 1 is 0.621 bits per heavy atom. The maximum atomic E-state index is 13.6. The van der Waals surface area contributed by atoms with E-state index in [0.717, 1.165) is 42.2 Å². The van der Waals surface area contributed by atoms with Crippen LogP contribution in [0.25, 0.3) is 0 Å². The zero-order valence-electron chi connectivity index (χ0n) is 54.9. The summed E-state index contributed by atoms with van der Waals surface area (Å²) in [5.74, 6) is -2.80. The molecule has 2 N–H and O–H groups in total. The van der Waals surface area contributed by atoms with E-state index in [1.807, 2.05) is 24.4 Å². The molecule has 27 nitrogen and oxygen atoms in total. The summed E-state index contributed by atoms with van der Waals surface area (Å²) in [6, 6.07) is 11.9. The first-order chi connectivity index (χ1) is 46.4. The van der Waals surface area contributed by atoms with E-state index >= 15 is 0 Å². The predicted molar refractivity (Wildman–Crippen MR) is 334 cm³/mol. The van der Waals surface area contributed by atoms with Gasteiger partial charge in [0.15, 0.2) is 11.6 Å². The summed E-state index contributed by atoms with van der Waals surface area (Å²) in [6.07, 6.45) is 9.60. The van der Waals surface area contributed by atoms with Crippen molar-refractivity contribution in [1.82, 2.24) is 55.1 Å². The Morgan fingerprint density at radius 2 is 1.17 bits per heavy atom. The Balaban J connectivity index is 0.520. The van der Waals surface area contributed by atoms with Crippen LogP contribution in [0.5, 0.6) is 5.75 Å². The number of hydrogen-bond donors (Lipinski definition) is 2. The molecule has 2 saturated heterocycles. The molecule has 3 aromatic heterocycles. The summed E-state index contributed by atoms with van der Waals surface area (Å²) in [6.45, 7) is 16.8. The first-order valence-electron chi connectivity index (χ1n) is 32.9. The molecular formula is C65H94F3N11O16. The molecule has 526 valence electrons. The van der Waals surface area contributed by atoms with Crippen LogP contribution < -0.4 is 15.4 Å². The van der Waals surface area contributed by atoms with Gasteiger partial charge < -0.3 is 76.8 Å². The number of carbonyl (C=O) groups is 3. The van der Waals surface area contributed by atoms with Gasteiger partial charge in [0.2, 0.25) is 17.6 Å². The fraction of sp³-hybridized carbons (Fsp3) is 0.662. The van der Waals surface area contributed by atoms with Gasteiger partial charge in [-0.1, -0.05) is 49.4 Å². The third kappa shape index (κ3) is 24.3. The maximum Gasteiger partial charge on any atom is 0.313 e. The molecule has 5 heterocycles. The SMILES string of the molecule is Cc1nnc(C(C)C)n1C1CC23CCC(C12)N3CC[C@H](NC(=O)Cn1cc(CNC(=O)CCOCCOCCOCCOCc2cn(CCOCCOCCOCCOCCOCCOCCOCCOCCC(=O)Oc3c(F)cc(F)cc3F)nn2)cn1)c1ccccc1. The van der Waals surface area contributed by atoms with Crippen LogP contribution in [0.2, 0.25) is 0 Å². The van der Waals surface area contributed by atoms with Crippen LogP contribution >= 0.6 is 0 Å². The van der Waals surface area contributed by atoms with Crippen molar-refractivity contribution in [2.75, 3.05) is 159 Å². The molecule has 9 rings (SSSR count). The van der Waals surface area contributed by atoms with Gasteiger partial charge in [0, 0.05) is 72.9 Å². The number of benzene rings is 2. The molecule has 4 unspecified atom stereocenters. The van der Waals surface area contributed by atoms with E-state index in [2.05, 4.69) is 83.3 Å². The van der Waals surface area contributed by atoms with Gasteiger partial charge in [-0.05, 0) is 38.2 Å². The zero-order valence-corrected chi connectivity index (χ0v) is 54.9. The van der Waals surface area contributed by atoms with E-state index in [1.165, 1.54) is 12.8 Å². The van der Waals surface area contributed by atoms with Crippen molar-refractivity contribution < 1.29 is 89.1 Å². The van der Waals surface area contributed by atoms with Gasteiger partial charge in [0.1, 0.15) is 29.7 Å². The molecule has 5 aromatic rings. The summed E-state index contributed by atoms with van der Waals surface area (Å²) in [5.41, 5.74) is 2.83. The van der Waals surface area contributed by atoms with Gasteiger partial charge in [-0.25, -0.2) is 17.9 Å². The van der Waals surface area contributed by atoms with E-state index in [9.17, 15) is 27.6 Å². The molecule has 4 fully saturated rings. The Labute approximate surface area is 552 Å². The number of nitrogens with one attached hydrogen (secondary N) is 2. The first kappa shape index (κ1) is 74.4. The van der Waals surface area contributed by atoms with Crippen molar-refractivity contribution in [2.24, 2.45) is 5.92 Å². The fourth-order valence-electron chi connectivity index (χ4n) is 12.0. The average molecular weight is 1340 g/mol. The Morgan fingerprint density at radius 3 is 1.74 bits per heavy atom. The number of aryl methyl sites for hydroxylation is 1. The Kier molecular flexibility index (Phi) is 32.1. The van der Waals surface area contributed by atoms with E-state index in [0.29, 0.717) is 180 Å². The molecule has 2 amide bonds. The fourth-order valence-corrected chi connectivity index (χ4v) is 12.0. The predicted octanol–water partition coefficient (Wildman–Crippen LogP) is 5.04. The van der Waals surface area contributed by atoms with Gasteiger partial charge in [-0.15, -0.1) is 15.3 Å². The lowest BCUT2D eigenvalue weighted by Crippen LogP contribution is -2.76. The van der Waals surface area contributed by atoms with Crippen molar-refractivity contribution in [3.63, 3.8) is 0 Å². The highest BCUT2D eigenvalue weighted by molar-refractivity contribution is 5.76. The first-order valence-corrected chi connectivity index (χ1v) is 32.9. The van der Waals surface area contributed by atoms with Crippen molar-refractivity contribution in [2.45, 2.75) is 115 Å². The number of carbonyl (C=O) groups excluding carboxylic acids is 3. The summed E-state index contributed by atoms with van der Waals surface area (Å²) in [7, 11) is 0. The number of amides is 2. The summed E-state index contributed by atoms with van der Waals surface area (Å²) in [4.78, 5) is 40.5. The maximum absolute atomic E-state index is 13.6. The molecule has 1 spiro atoms. The summed E-state index contributed by atoms with van der Waals surface area (Å²) >= 11 is 0. The highest BCUT2D eigenvalue weighted by Crippen LogP contribution is 2.70. The van der Waals surface area contributed by atoms with Crippen LogP contribution in [0.3, 0.4) is 0 Å². The van der Waals surface area contributed by atoms with Crippen LogP contribution in [0.15, 0.2) is 61.1 Å². The Hall–Kier alpha value is -6.39. The minimum atomic E-state index is -1.31. The minimum absolute atomic E-state index is 0.0479. The van der Waals surface area contributed by atoms with E-state index in [-0.39, 0.29) is 75.8 Å². The molecule has 2 aliphatic heterocycles. The number of nitrogens with zero attached hydrogens (tertiary/aromatic N) is 9. The van der Waals surface area contributed by atoms with Gasteiger partial charge in [-0.3, -0.25) is 24.0 Å². The number of fused-ring (bicyclic) bond motifs is 1. The number of rotatable bonds is 53. The average Bonchev–Trinajstić information content (AvgIpc) is 1.53. The lowest BCUT2D eigenvalue weighted by Gasteiger charge is -2.69. The van der Waals surface area contributed by atoms with Crippen LogP contribution in [0, 0.1) is 30.3 Å². The van der Waals surface area contributed by atoms with Crippen LogP contribution in [-0.4, -0.2) is 232 Å². The standard InChI is InChI=1S/C65H94F3N11O16/c1-48(2)64-74-72-49(3)79(64)58-41-65-13-9-57(62(58)65)78(65)14-10-56(51-7-5-4-6-8-51)71-60(81)46-77-44-50(43-70-77)42-69-59(80)11-16-83-19-22-86-35-36-93-37-38-94-47-53-45-76(75-73-53)15-18-85-21-24-88-26-28-90-30-32-92-34-33-91-31-29-89-27-25-87-23-20-84-17-12-61(82)95-63-54(67)39-52(66)40-55(63)68/h4-8,39-40,43-45,48,56-58,62H,9-38,41-42,46-47H2,1-3H3,(H,69,80)(H,71,81)/t56-,57?,58?,62?,65?/m0/s1. The second-order valence-electron chi connectivity index (χ2n) is 23.4. The third-order valence-electron chi connectivity index (χ3n) is 16.4. The van der Waals surface area contributed by atoms with Gasteiger partial charge in [-0.2, -0.15) is 5.10 Å². The lowest BCUT2D eigenvalue weighted by molar-refractivity contribution is -0.190. The summed E-state index contributed by atoms with van der Waals surface area (Å²) in [5, 5.41) is 27.8. The van der Waals surface area contributed by atoms with E-state index in [1.54, 1.807) is 21.8 Å². The van der Waals surface area contributed by atoms with Gasteiger partial charge in [0.25, 0.3) is 0 Å². The third-order valence-corrected chi connectivity index (χ3v) is 16.4. The number of halogens is 3. The molecule has 4 aliphatic rings. The monoisotopic (exact) mass is 1340 g/mol. The Bertz CT molecular complexity index is 3020. The smallest absolute Gasteiger partial charge is 0.313 e. The van der Waals surface area contributed by atoms with Crippen molar-refractivity contribution in [1.29, 1.82) is 0 Å². The summed E-state index contributed by atoms with van der Waals surface area (Å²) < 4.78 is 117. The van der Waals surface area contributed by atoms with Crippen LogP contribution in [0.1, 0.15) is 98.8 Å². The van der Waals surface area contributed by atoms with Gasteiger partial charge in [0.05, 0.1) is 190 Å².